The van der Waals surface area contributed by atoms with Gasteiger partial charge in [0.25, 0.3) is 0 Å². The van der Waals surface area contributed by atoms with Crippen molar-refractivity contribution in [2.24, 2.45) is 0 Å². The standard InChI is InChI=1S/C9H22NO7P/c1-3-15-9(16-4-2,17-18(13)14)10(5-7-11)6-8-12/h11-12,18H,3-8H2,1-2H3,(H,13,14). The second kappa shape index (κ2) is 9.82. The van der Waals surface area contributed by atoms with E-state index >= 15 is 0 Å². The highest BCUT2D eigenvalue weighted by molar-refractivity contribution is 7.32. The van der Waals surface area contributed by atoms with E-state index < -0.39 is 14.4 Å². The minimum absolute atomic E-state index is 0.0652. The Kier molecular flexibility index (Phi) is 9.80. The summed E-state index contributed by atoms with van der Waals surface area (Å²) in [7, 11) is -3.32. The van der Waals surface area contributed by atoms with E-state index in [-0.39, 0.29) is 39.5 Å². The third-order valence-electron chi connectivity index (χ3n) is 2.00. The summed E-state index contributed by atoms with van der Waals surface area (Å²) in [5.74, 6) is 0. The molecule has 1 unspecified atom stereocenters. The minimum Gasteiger partial charge on any atom is -0.395 e. The van der Waals surface area contributed by atoms with Crippen LogP contribution in [0.25, 0.3) is 0 Å². The van der Waals surface area contributed by atoms with E-state index in [1.165, 1.54) is 4.90 Å². The van der Waals surface area contributed by atoms with E-state index in [4.69, 9.17) is 29.1 Å². The third kappa shape index (κ3) is 5.73. The van der Waals surface area contributed by atoms with E-state index in [1.54, 1.807) is 13.8 Å². The van der Waals surface area contributed by atoms with Gasteiger partial charge in [0.2, 0.25) is 0 Å². The second-order valence-electron chi connectivity index (χ2n) is 3.19. The average Bonchev–Trinajstić information content (AvgIpc) is 2.28. The molecule has 0 aromatic carbocycles. The molecule has 0 aliphatic heterocycles. The summed E-state index contributed by atoms with van der Waals surface area (Å²) in [6, 6.07) is 0. The Morgan fingerprint density at radius 2 is 1.56 bits per heavy atom. The number of nitrogens with zero attached hydrogens (tertiary/aromatic N) is 1. The van der Waals surface area contributed by atoms with Crippen molar-refractivity contribution in [1.29, 1.82) is 0 Å². The van der Waals surface area contributed by atoms with Gasteiger partial charge in [-0.2, -0.15) is 0 Å². The van der Waals surface area contributed by atoms with Crippen LogP contribution in [-0.2, 0) is 18.6 Å². The molecular weight excluding hydrogens is 265 g/mol. The van der Waals surface area contributed by atoms with Crippen molar-refractivity contribution in [3.05, 3.63) is 0 Å². The van der Waals surface area contributed by atoms with Gasteiger partial charge in [0, 0.05) is 13.1 Å². The molecule has 3 N–H and O–H groups in total. The fraction of sp³-hybridized carbons (Fsp3) is 1.00. The molecule has 0 aliphatic rings. The molecule has 9 heteroatoms. The van der Waals surface area contributed by atoms with Gasteiger partial charge in [-0.1, -0.05) is 0 Å². The predicted octanol–water partition coefficient (Wildman–Crippen LogP) is -0.644. The lowest BCUT2D eigenvalue weighted by atomic mass is 10.5. The van der Waals surface area contributed by atoms with E-state index in [2.05, 4.69) is 0 Å². The molecule has 0 saturated heterocycles. The van der Waals surface area contributed by atoms with Gasteiger partial charge in [0.05, 0.1) is 26.4 Å². The Hall–Kier alpha value is -0.0500. The molecule has 8 nitrogen and oxygen atoms in total. The molecule has 18 heavy (non-hydrogen) atoms. The van der Waals surface area contributed by atoms with Crippen molar-refractivity contribution >= 4 is 8.25 Å². The van der Waals surface area contributed by atoms with Crippen molar-refractivity contribution in [2.75, 3.05) is 39.5 Å². The summed E-state index contributed by atoms with van der Waals surface area (Å²) in [6.07, 6.45) is -1.86. The molecule has 0 amide bonds. The first-order valence-corrected chi connectivity index (χ1v) is 6.99. The number of aliphatic hydroxyl groups is 2. The van der Waals surface area contributed by atoms with Crippen LogP contribution < -0.4 is 0 Å². The molecule has 1 atom stereocenters. The zero-order valence-corrected chi connectivity index (χ0v) is 11.7. The molecule has 0 fully saturated rings. The molecule has 110 valence electrons. The predicted molar refractivity (Wildman–Crippen MR) is 64.0 cm³/mol. The van der Waals surface area contributed by atoms with Crippen LogP contribution in [0.15, 0.2) is 0 Å². The van der Waals surface area contributed by atoms with Crippen LogP contribution in [0.1, 0.15) is 13.8 Å². The molecule has 0 aromatic heterocycles. The number of ether oxygens (including phenoxy) is 2. The minimum atomic E-state index is -3.32. The van der Waals surface area contributed by atoms with Crippen LogP contribution in [0.5, 0.6) is 0 Å². The maximum absolute atomic E-state index is 10.9. The number of aliphatic hydroxyl groups excluding tert-OH is 2. The SMILES string of the molecule is CCOC(OCC)(O[PH](=O)O)N(CCO)CCO. The fourth-order valence-corrected chi connectivity index (χ4v) is 1.92. The van der Waals surface area contributed by atoms with E-state index in [0.717, 1.165) is 0 Å². The van der Waals surface area contributed by atoms with Gasteiger partial charge in [0.1, 0.15) is 0 Å². The molecule has 0 spiro atoms. The van der Waals surface area contributed by atoms with Crippen molar-refractivity contribution in [1.82, 2.24) is 4.90 Å². The zero-order valence-electron chi connectivity index (χ0n) is 10.7. The van der Waals surface area contributed by atoms with Gasteiger partial charge in [0.15, 0.2) is 0 Å². The van der Waals surface area contributed by atoms with Crippen LogP contribution in [0, 0.1) is 0 Å². The highest BCUT2D eigenvalue weighted by Gasteiger charge is 2.42. The maximum atomic E-state index is 10.9. The molecule has 0 bridgehead atoms. The Morgan fingerprint density at radius 1 is 1.11 bits per heavy atom. The largest absolute Gasteiger partial charge is 0.395 e. The Balaban J connectivity index is 5.09. The summed E-state index contributed by atoms with van der Waals surface area (Å²) in [6.45, 7) is 3.33. The molecular formula is C9H22NO7P. The summed E-state index contributed by atoms with van der Waals surface area (Å²) < 4.78 is 26.3. The van der Waals surface area contributed by atoms with E-state index in [1.807, 2.05) is 0 Å². The molecule has 0 radical (unpaired) electrons. The summed E-state index contributed by atoms with van der Waals surface area (Å²) in [5.41, 5.74) is 0. The molecule has 0 rings (SSSR count). The maximum Gasteiger partial charge on any atom is 0.360 e. The monoisotopic (exact) mass is 287 g/mol. The van der Waals surface area contributed by atoms with Crippen molar-refractivity contribution in [3.63, 3.8) is 0 Å². The summed E-state index contributed by atoms with van der Waals surface area (Å²) in [4.78, 5) is 10.3. The lowest BCUT2D eigenvalue weighted by molar-refractivity contribution is -0.414. The Labute approximate surface area is 107 Å². The van der Waals surface area contributed by atoms with Gasteiger partial charge >= 0.3 is 14.4 Å². The van der Waals surface area contributed by atoms with Crippen LogP contribution in [-0.4, -0.2) is 65.6 Å². The first-order chi connectivity index (χ1) is 8.56. The lowest BCUT2D eigenvalue weighted by Gasteiger charge is -2.39. The highest BCUT2D eigenvalue weighted by atomic mass is 31.1. The average molecular weight is 287 g/mol. The smallest absolute Gasteiger partial charge is 0.360 e. The Morgan fingerprint density at radius 3 is 1.83 bits per heavy atom. The van der Waals surface area contributed by atoms with Crippen LogP contribution in [0.4, 0.5) is 0 Å². The van der Waals surface area contributed by atoms with Gasteiger partial charge in [-0.05, 0) is 13.8 Å². The summed E-state index contributed by atoms with van der Waals surface area (Å²) >= 11 is 0. The first kappa shape index (κ1) is 17.9. The van der Waals surface area contributed by atoms with Crippen molar-refractivity contribution < 1.29 is 33.7 Å². The molecule has 0 heterocycles. The van der Waals surface area contributed by atoms with E-state index in [0.29, 0.717) is 0 Å². The van der Waals surface area contributed by atoms with Crippen LogP contribution in [0.2, 0.25) is 0 Å². The van der Waals surface area contributed by atoms with Gasteiger partial charge < -0.3 is 24.6 Å². The van der Waals surface area contributed by atoms with Crippen LogP contribution >= 0.6 is 8.25 Å². The van der Waals surface area contributed by atoms with Crippen LogP contribution in [0.3, 0.4) is 0 Å². The van der Waals surface area contributed by atoms with Gasteiger partial charge in [-0.25, -0.2) is 9.42 Å². The number of hydrogen-bond donors (Lipinski definition) is 3. The quantitative estimate of drug-likeness (QED) is 0.340. The van der Waals surface area contributed by atoms with Gasteiger partial charge in [-0.15, -0.1) is 0 Å². The summed E-state index contributed by atoms with van der Waals surface area (Å²) in [5, 5.41) is 17.9. The topological polar surface area (TPSA) is 109 Å². The first-order valence-electron chi connectivity index (χ1n) is 5.72. The van der Waals surface area contributed by atoms with Crippen molar-refractivity contribution in [3.8, 4) is 0 Å². The van der Waals surface area contributed by atoms with Gasteiger partial charge in [-0.3, -0.25) is 4.57 Å². The molecule has 0 aliphatic carbocycles. The number of hydrogen-bond acceptors (Lipinski definition) is 7. The second-order valence-corrected chi connectivity index (χ2v) is 3.93. The highest BCUT2D eigenvalue weighted by Crippen LogP contribution is 2.31. The normalized spacial score (nSPS) is 14.1. The molecule has 0 saturated carbocycles. The van der Waals surface area contributed by atoms with Crippen molar-refractivity contribution in [2.45, 2.75) is 19.9 Å². The lowest BCUT2D eigenvalue weighted by Crippen LogP contribution is -2.56. The Bertz CT molecular complexity index is 229. The zero-order chi connectivity index (χ0) is 14.0. The fourth-order valence-electron chi connectivity index (χ4n) is 1.45. The number of rotatable bonds is 11. The molecule has 0 aromatic rings. The van der Waals surface area contributed by atoms with E-state index in [9.17, 15) is 4.57 Å². The third-order valence-corrected chi connectivity index (χ3v) is 2.43.